The Balaban J connectivity index is -0.00000000133. The third kappa shape index (κ3) is 80.2. The maximum Gasteiger partial charge on any atom is 0 e. The van der Waals surface area contributed by atoms with Crippen molar-refractivity contribution in [1.29, 1.82) is 0 Å². The van der Waals surface area contributed by atoms with E-state index in [0.29, 0.717) is 0 Å². The van der Waals surface area contributed by atoms with Crippen molar-refractivity contribution in [3.05, 3.63) is 0 Å². The molecule has 0 atom stereocenters. The van der Waals surface area contributed by atoms with E-state index in [-0.39, 0.29) is 133 Å². The van der Waals surface area contributed by atoms with Crippen LogP contribution in [0, 0.1) is 113 Å². The molecule has 0 fully saturated rings. The molecular formula is C5H17Ar3F. The Kier molecular flexibility index (Phi) is 360. The summed E-state index contributed by atoms with van der Waals surface area (Å²) in [5, 5.41) is 0. The van der Waals surface area contributed by atoms with Crippen LogP contribution in [-0.2, 0) is 0 Å². The minimum Gasteiger partial charge on any atom is -0.269 e. The molecule has 0 aliphatic heterocycles. The largest absolute Gasteiger partial charge is 0.269 e. The van der Waals surface area contributed by atoms with E-state index < -0.39 is 0 Å². The van der Waals surface area contributed by atoms with Crippen molar-refractivity contribution in [2.24, 2.45) is 0 Å². The molecule has 68 valence electrons. The van der Waals surface area contributed by atoms with E-state index in [1.165, 1.54) is 6.42 Å². The summed E-state index contributed by atoms with van der Waals surface area (Å²) in [6.45, 7) is 4.25. The standard InChI is InChI=1S/C3H8.2CH4.3Ar.FH/c1-3-2;;;;;;/h3H2,1-2H3;2*1H4;;;;1H. The van der Waals surface area contributed by atoms with E-state index >= 15 is 0 Å². The van der Waals surface area contributed by atoms with Gasteiger partial charge < -0.3 is 0 Å². The fourth-order valence-electron chi connectivity index (χ4n) is 0. The molecule has 0 unspecified atom stereocenters. The number of halogens is 1. The molecule has 0 aromatic rings. The molecule has 0 radical (unpaired) electrons. The summed E-state index contributed by atoms with van der Waals surface area (Å²) in [6.07, 6.45) is 1.25. The molecule has 0 N–H and O–H groups in total. The molecule has 0 aliphatic rings. The van der Waals surface area contributed by atoms with Crippen molar-refractivity contribution in [2.75, 3.05) is 0 Å². The molecule has 4 heteroatoms. The number of hydrogen-bond acceptors (Lipinski definition) is 0. The van der Waals surface area contributed by atoms with Gasteiger partial charge >= 0.3 is 0 Å². The first-order chi connectivity index (χ1) is 1.41. The summed E-state index contributed by atoms with van der Waals surface area (Å²) in [5.74, 6) is 0. The zero-order chi connectivity index (χ0) is 2.71. The fraction of sp³-hybridized carbons (Fsp3) is 1.00. The van der Waals surface area contributed by atoms with Crippen LogP contribution in [-0.4, -0.2) is 0 Å². The molecule has 0 amide bonds. The van der Waals surface area contributed by atoms with Gasteiger partial charge in [-0.05, 0) is 0 Å². The minimum absolute atomic E-state index is 0. The Morgan fingerprint density at radius 1 is 0.778 bits per heavy atom. The van der Waals surface area contributed by atoms with Gasteiger partial charge in [0, 0.05) is 113 Å². The van der Waals surface area contributed by atoms with E-state index in [1.807, 2.05) is 0 Å². The van der Waals surface area contributed by atoms with Gasteiger partial charge in [0.25, 0.3) is 0 Å². The molecule has 0 saturated heterocycles. The Morgan fingerprint density at radius 2 is 0.778 bits per heavy atom. The fourth-order valence-corrected chi connectivity index (χ4v) is 0. The van der Waals surface area contributed by atoms with Crippen molar-refractivity contribution in [3.8, 4) is 0 Å². The van der Waals surface area contributed by atoms with E-state index in [4.69, 9.17) is 0 Å². The number of rotatable bonds is 0. The van der Waals surface area contributed by atoms with Gasteiger partial charge in [0.15, 0.2) is 0 Å². The molecule has 0 aliphatic carbocycles. The van der Waals surface area contributed by atoms with Gasteiger partial charge in [-0.25, -0.2) is 0 Å². The first-order valence-electron chi connectivity index (χ1n) is 1.41. The summed E-state index contributed by atoms with van der Waals surface area (Å²) >= 11 is 0. The third-order valence-electron chi connectivity index (χ3n) is 0. The van der Waals surface area contributed by atoms with E-state index in [1.54, 1.807) is 0 Å². The summed E-state index contributed by atoms with van der Waals surface area (Å²) in [6, 6.07) is 0. The summed E-state index contributed by atoms with van der Waals surface area (Å²) < 4.78 is 0. The predicted molar refractivity (Wildman–Crippen MR) is 31.9 cm³/mol. The van der Waals surface area contributed by atoms with Crippen LogP contribution in [0.4, 0.5) is 4.70 Å². The van der Waals surface area contributed by atoms with Crippen molar-refractivity contribution in [2.45, 2.75) is 35.1 Å². The summed E-state index contributed by atoms with van der Waals surface area (Å²) in [4.78, 5) is 0. The maximum absolute atomic E-state index is 2.12. The van der Waals surface area contributed by atoms with Crippen LogP contribution >= 0.6 is 0 Å². The van der Waals surface area contributed by atoms with Crippen LogP contribution in [0.2, 0.25) is 0 Å². The van der Waals surface area contributed by atoms with Gasteiger partial charge in [0.05, 0.1) is 0 Å². The van der Waals surface area contributed by atoms with Crippen molar-refractivity contribution < 1.29 is 118 Å². The Bertz CT molecular complexity index is 12.2. The van der Waals surface area contributed by atoms with Gasteiger partial charge in [-0.15, -0.1) is 0 Å². The molecule has 9 heavy (non-hydrogen) atoms. The molecule has 0 aromatic heterocycles. The second-order valence-electron chi connectivity index (χ2n) is 0.707. The predicted octanol–water partition coefficient (Wildman–Crippen LogP) is 2.84. The van der Waals surface area contributed by atoms with Crippen LogP contribution in [0.3, 0.4) is 0 Å². The zero-order valence-corrected chi connectivity index (χ0v) is 6.30. The van der Waals surface area contributed by atoms with Crippen LogP contribution in [0.25, 0.3) is 0 Å². The maximum atomic E-state index is 2.12. The van der Waals surface area contributed by atoms with Crippen molar-refractivity contribution in [3.63, 3.8) is 0 Å². The van der Waals surface area contributed by atoms with Gasteiger partial charge in [-0.1, -0.05) is 35.1 Å². The van der Waals surface area contributed by atoms with E-state index in [0.717, 1.165) is 0 Å². The Labute approximate surface area is 149 Å². The van der Waals surface area contributed by atoms with Crippen molar-refractivity contribution >= 4 is 0 Å². The first kappa shape index (κ1) is 53.5. The van der Waals surface area contributed by atoms with Crippen LogP contribution < -0.4 is 0 Å². The van der Waals surface area contributed by atoms with Crippen molar-refractivity contribution in [1.82, 2.24) is 0 Å². The SMILES string of the molecule is C.C.CCC.F.[Ar].[Ar].[Ar]. The monoisotopic (exact) mass is 216 g/mol. The molecule has 0 nitrogen and oxygen atoms in total. The normalized spacial score (nSPS) is 2.00. The zero-order valence-electron chi connectivity index (χ0n) is 4.18. The molecule has 0 heterocycles. The average Bonchev–Trinajstić information content (AvgIpc) is 0.918. The van der Waals surface area contributed by atoms with Crippen LogP contribution in [0.5, 0.6) is 0 Å². The molecule has 0 saturated carbocycles. The molecule has 0 spiro atoms. The second-order valence-corrected chi connectivity index (χ2v) is 0.707. The van der Waals surface area contributed by atoms with Crippen LogP contribution in [0.15, 0.2) is 0 Å². The second kappa shape index (κ2) is 60.6. The topological polar surface area (TPSA) is 0 Å². The average molecular weight is 216 g/mol. The molecule has 0 rings (SSSR count). The molecule has 0 aromatic carbocycles. The van der Waals surface area contributed by atoms with E-state index in [2.05, 4.69) is 13.8 Å². The van der Waals surface area contributed by atoms with Gasteiger partial charge in [-0.3, -0.25) is 4.70 Å². The first-order valence-corrected chi connectivity index (χ1v) is 1.41. The molecular weight excluding hydrogens is 199 g/mol. The Hall–Kier alpha value is 3.71. The van der Waals surface area contributed by atoms with Gasteiger partial charge in [0.2, 0.25) is 0 Å². The van der Waals surface area contributed by atoms with Gasteiger partial charge in [0.1, 0.15) is 0 Å². The van der Waals surface area contributed by atoms with Gasteiger partial charge in [-0.2, -0.15) is 0 Å². The van der Waals surface area contributed by atoms with Crippen LogP contribution in [0.1, 0.15) is 35.1 Å². The Morgan fingerprint density at radius 3 is 0.778 bits per heavy atom. The minimum atomic E-state index is 0. The summed E-state index contributed by atoms with van der Waals surface area (Å²) in [5.41, 5.74) is 0. The van der Waals surface area contributed by atoms with E-state index in [9.17, 15) is 0 Å². The third-order valence-corrected chi connectivity index (χ3v) is 0. The summed E-state index contributed by atoms with van der Waals surface area (Å²) in [7, 11) is 0. The smallest absolute Gasteiger partial charge is 0 e. The quantitative estimate of drug-likeness (QED) is 0.584. The molecule has 0 bridgehead atoms. The number of hydrogen-bond donors (Lipinski definition) is 0.